The Hall–Kier alpha value is -1.63. The molecule has 1 aliphatic heterocycles. The molecule has 0 radical (unpaired) electrons. The van der Waals surface area contributed by atoms with Gasteiger partial charge < -0.3 is 21.1 Å². The van der Waals surface area contributed by atoms with Crippen LogP contribution in [0.3, 0.4) is 0 Å². The van der Waals surface area contributed by atoms with Crippen LogP contribution in [0.25, 0.3) is 0 Å². The lowest BCUT2D eigenvalue weighted by atomic mass is 9.91. The van der Waals surface area contributed by atoms with Gasteiger partial charge in [0.25, 0.3) is 0 Å². The van der Waals surface area contributed by atoms with Gasteiger partial charge >= 0.3 is 5.97 Å². The van der Waals surface area contributed by atoms with E-state index >= 15 is 0 Å². The van der Waals surface area contributed by atoms with Crippen molar-refractivity contribution in [1.29, 1.82) is 0 Å². The summed E-state index contributed by atoms with van der Waals surface area (Å²) >= 11 is 0. The standard InChI is InChI=1S/C11H19N3O4/c1-18-11(17)8(14-9(15)6-12)5-7-3-2-4-13-10(7)16/h7-8H,2-6,12H2,1H3,(H,13,16)(H,14,15). The van der Waals surface area contributed by atoms with Gasteiger partial charge in [0.2, 0.25) is 11.8 Å². The monoisotopic (exact) mass is 257 g/mol. The smallest absolute Gasteiger partial charge is 0.328 e. The third-order valence-corrected chi connectivity index (χ3v) is 2.93. The number of hydrogen-bond acceptors (Lipinski definition) is 5. The van der Waals surface area contributed by atoms with Crippen molar-refractivity contribution in [3.63, 3.8) is 0 Å². The predicted molar refractivity (Wildman–Crippen MR) is 63.4 cm³/mol. The van der Waals surface area contributed by atoms with Gasteiger partial charge in [-0.3, -0.25) is 9.59 Å². The van der Waals surface area contributed by atoms with Gasteiger partial charge in [-0.15, -0.1) is 0 Å². The molecule has 2 unspecified atom stereocenters. The Morgan fingerprint density at radius 1 is 1.61 bits per heavy atom. The molecular formula is C11H19N3O4. The zero-order valence-corrected chi connectivity index (χ0v) is 10.4. The van der Waals surface area contributed by atoms with Crippen LogP contribution in [0.15, 0.2) is 0 Å². The molecule has 1 heterocycles. The number of rotatable bonds is 5. The third kappa shape index (κ3) is 3.99. The minimum atomic E-state index is -0.820. The van der Waals surface area contributed by atoms with E-state index in [9.17, 15) is 14.4 Å². The van der Waals surface area contributed by atoms with Crippen molar-refractivity contribution in [3.05, 3.63) is 0 Å². The van der Waals surface area contributed by atoms with E-state index in [0.717, 1.165) is 6.42 Å². The van der Waals surface area contributed by atoms with Crippen molar-refractivity contribution in [2.24, 2.45) is 11.7 Å². The van der Waals surface area contributed by atoms with E-state index in [1.54, 1.807) is 0 Å². The first-order valence-corrected chi connectivity index (χ1v) is 5.93. The second kappa shape index (κ2) is 6.95. The van der Waals surface area contributed by atoms with Crippen LogP contribution >= 0.6 is 0 Å². The predicted octanol–water partition coefficient (Wildman–Crippen LogP) is -1.48. The number of methoxy groups -OCH3 is 1. The lowest BCUT2D eigenvalue weighted by Gasteiger charge is -2.25. The molecule has 1 fully saturated rings. The zero-order valence-electron chi connectivity index (χ0n) is 10.4. The maximum atomic E-state index is 11.6. The number of piperidine rings is 1. The first-order chi connectivity index (χ1) is 8.58. The molecule has 2 amide bonds. The number of hydrogen-bond donors (Lipinski definition) is 3. The van der Waals surface area contributed by atoms with Gasteiger partial charge in [0, 0.05) is 12.5 Å². The van der Waals surface area contributed by atoms with Crippen LogP contribution in [0.1, 0.15) is 19.3 Å². The molecule has 4 N–H and O–H groups in total. The number of esters is 1. The second-order valence-corrected chi connectivity index (χ2v) is 4.21. The molecule has 0 aliphatic carbocycles. The average molecular weight is 257 g/mol. The fourth-order valence-electron chi connectivity index (χ4n) is 1.95. The van der Waals surface area contributed by atoms with E-state index in [0.29, 0.717) is 13.0 Å². The minimum Gasteiger partial charge on any atom is -0.467 e. The molecule has 7 heteroatoms. The summed E-state index contributed by atoms with van der Waals surface area (Å²) in [5, 5.41) is 5.20. The molecule has 0 aromatic rings. The zero-order chi connectivity index (χ0) is 13.5. The number of amides is 2. The highest BCUT2D eigenvalue weighted by Crippen LogP contribution is 2.17. The summed E-state index contributed by atoms with van der Waals surface area (Å²) in [6.45, 7) is 0.456. The van der Waals surface area contributed by atoms with E-state index in [1.807, 2.05) is 0 Å². The molecule has 2 atom stereocenters. The lowest BCUT2D eigenvalue weighted by Crippen LogP contribution is -2.47. The van der Waals surface area contributed by atoms with Crippen molar-refractivity contribution in [2.75, 3.05) is 20.2 Å². The van der Waals surface area contributed by atoms with Gasteiger partial charge in [0.1, 0.15) is 6.04 Å². The van der Waals surface area contributed by atoms with Crippen molar-refractivity contribution in [1.82, 2.24) is 10.6 Å². The van der Waals surface area contributed by atoms with Crippen LogP contribution in [-0.4, -0.2) is 44.0 Å². The highest BCUT2D eigenvalue weighted by molar-refractivity contribution is 5.86. The summed E-state index contributed by atoms with van der Waals surface area (Å²) in [5.41, 5.74) is 5.18. The first-order valence-electron chi connectivity index (χ1n) is 5.93. The molecule has 0 bridgehead atoms. The number of nitrogens with two attached hydrogens (primary N) is 1. The maximum Gasteiger partial charge on any atom is 0.328 e. The Bertz CT molecular complexity index is 332. The van der Waals surface area contributed by atoms with Crippen molar-refractivity contribution >= 4 is 17.8 Å². The molecule has 18 heavy (non-hydrogen) atoms. The fourth-order valence-corrected chi connectivity index (χ4v) is 1.95. The van der Waals surface area contributed by atoms with Gasteiger partial charge in [-0.2, -0.15) is 0 Å². The maximum absolute atomic E-state index is 11.6. The quantitative estimate of drug-likeness (QED) is 0.520. The molecule has 0 aromatic heterocycles. The Labute approximate surface area is 105 Å². The number of carbonyl (C=O) groups excluding carboxylic acids is 3. The van der Waals surface area contributed by atoms with E-state index < -0.39 is 17.9 Å². The van der Waals surface area contributed by atoms with Crippen LogP contribution in [0.4, 0.5) is 0 Å². The summed E-state index contributed by atoms with van der Waals surface area (Å²) in [4.78, 5) is 34.4. The molecule has 1 saturated heterocycles. The molecule has 1 aliphatic rings. The van der Waals surface area contributed by atoms with Crippen molar-refractivity contribution in [2.45, 2.75) is 25.3 Å². The fraction of sp³-hybridized carbons (Fsp3) is 0.727. The largest absolute Gasteiger partial charge is 0.467 e. The highest BCUT2D eigenvalue weighted by Gasteiger charge is 2.30. The molecular weight excluding hydrogens is 238 g/mol. The van der Waals surface area contributed by atoms with Crippen molar-refractivity contribution < 1.29 is 19.1 Å². The van der Waals surface area contributed by atoms with Crippen molar-refractivity contribution in [3.8, 4) is 0 Å². The van der Waals surface area contributed by atoms with Gasteiger partial charge in [0.05, 0.1) is 13.7 Å². The lowest BCUT2D eigenvalue weighted by molar-refractivity contribution is -0.146. The summed E-state index contributed by atoms with van der Waals surface area (Å²) < 4.78 is 4.61. The van der Waals surface area contributed by atoms with Crippen LogP contribution < -0.4 is 16.4 Å². The summed E-state index contributed by atoms with van der Waals surface area (Å²) in [5.74, 6) is -1.37. The second-order valence-electron chi connectivity index (χ2n) is 4.21. The van der Waals surface area contributed by atoms with Gasteiger partial charge in [-0.1, -0.05) is 0 Å². The number of ether oxygens (including phenoxy) is 1. The normalized spacial score (nSPS) is 20.8. The highest BCUT2D eigenvalue weighted by atomic mass is 16.5. The molecule has 0 aromatic carbocycles. The Balaban J connectivity index is 2.62. The topological polar surface area (TPSA) is 111 Å². The van der Waals surface area contributed by atoms with Crippen LogP contribution in [0, 0.1) is 5.92 Å². The molecule has 0 spiro atoms. The summed E-state index contributed by atoms with van der Waals surface area (Å²) in [6, 6.07) is -0.820. The molecule has 0 saturated carbocycles. The van der Waals surface area contributed by atoms with Crippen LogP contribution in [0.2, 0.25) is 0 Å². The number of nitrogens with one attached hydrogen (secondary N) is 2. The van der Waals surface area contributed by atoms with E-state index in [4.69, 9.17) is 5.73 Å². The minimum absolute atomic E-state index is 0.0860. The summed E-state index contributed by atoms with van der Waals surface area (Å²) in [6.07, 6.45) is 1.82. The van der Waals surface area contributed by atoms with Gasteiger partial charge in [-0.05, 0) is 19.3 Å². The first kappa shape index (κ1) is 14.4. The molecule has 1 rings (SSSR count). The van der Waals surface area contributed by atoms with Gasteiger partial charge in [0.15, 0.2) is 0 Å². The molecule has 7 nitrogen and oxygen atoms in total. The summed E-state index contributed by atoms with van der Waals surface area (Å²) in [7, 11) is 1.24. The average Bonchev–Trinajstić information content (AvgIpc) is 2.39. The Morgan fingerprint density at radius 3 is 2.89 bits per heavy atom. The molecule has 102 valence electrons. The van der Waals surface area contributed by atoms with E-state index in [2.05, 4.69) is 15.4 Å². The third-order valence-electron chi connectivity index (χ3n) is 2.93. The number of carbonyl (C=O) groups is 3. The van der Waals surface area contributed by atoms with Crippen LogP contribution in [-0.2, 0) is 19.1 Å². The van der Waals surface area contributed by atoms with E-state index in [-0.39, 0.29) is 24.8 Å². The van der Waals surface area contributed by atoms with E-state index in [1.165, 1.54) is 7.11 Å². The Kier molecular flexibility index (Phi) is 5.57. The SMILES string of the molecule is COC(=O)C(CC1CCCNC1=O)NC(=O)CN. The Morgan fingerprint density at radius 2 is 2.33 bits per heavy atom. The van der Waals surface area contributed by atoms with Gasteiger partial charge in [-0.25, -0.2) is 4.79 Å². The van der Waals surface area contributed by atoms with Crippen LogP contribution in [0.5, 0.6) is 0 Å².